The maximum absolute atomic E-state index is 12.2. The number of nitrogens with one attached hydrogen (secondary N) is 1. The van der Waals surface area contributed by atoms with Gasteiger partial charge in [-0.2, -0.15) is 0 Å². The highest BCUT2D eigenvalue weighted by Crippen LogP contribution is 2.10. The largest absolute Gasteiger partial charge is 0.339 e. The number of aromatic nitrogens is 1. The average Bonchev–Trinajstić information content (AvgIpc) is 2.57. The van der Waals surface area contributed by atoms with Crippen LogP contribution in [0.3, 0.4) is 0 Å². The summed E-state index contributed by atoms with van der Waals surface area (Å²) in [6.45, 7) is 5.21. The number of anilines is 1. The van der Waals surface area contributed by atoms with Crippen LogP contribution in [0, 0.1) is 0 Å². The fourth-order valence-corrected chi connectivity index (χ4v) is 2.10. The molecule has 0 saturated carbocycles. The Labute approximate surface area is 130 Å². The van der Waals surface area contributed by atoms with E-state index in [1.807, 2.05) is 13.8 Å². The van der Waals surface area contributed by atoms with E-state index in [9.17, 15) is 9.59 Å². The monoisotopic (exact) mass is 297 g/mol. The number of benzene rings is 1. The zero-order valence-electron chi connectivity index (χ0n) is 12.7. The predicted octanol–water partition coefficient (Wildman–Crippen LogP) is 2.82. The number of rotatable bonds is 5. The summed E-state index contributed by atoms with van der Waals surface area (Å²) >= 11 is 0. The minimum Gasteiger partial charge on any atom is -0.339 e. The zero-order chi connectivity index (χ0) is 15.9. The Morgan fingerprint density at radius 1 is 1.05 bits per heavy atom. The van der Waals surface area contributed by atoms with Gasteiger partial charge >= 0.3 is 0 Å². The smallest absolute Gasteiger partial charge is 0.255 e. The third-order valence-electron chi connectivity index (χ3n) is 3.36. The van der Waals surface area contributed by atoms with Crippen LogP contribution in [0.15, 0.2) is 48.8 Å². The summed E-state index contributed by atoms with van der Waals surface area (Å²) in [4.78, 5) is 30.0. The highest BCUT2D eigenvalue weighted by Gasteiger charge is 2.13. The molecule has 0 fully saturated rings. The van der Waals surface area contributed by atoms with Crippen molar-refractivity contribution in [1.29, 1.82) is 0 Å². The Hall–Kier alpha value is -2.69. The molecule has 0 radical (unpaired) electrons. The minimum atomic E-state index is -0.227. The molecule has 2 amide bonds. The minimum absolute atomic E-state index is 0.0239. The summed E-state index contributed by atoms with van der Waals surface area (Å²) in [5.41, 5.74) is 1.72. The molecule has 5 nitrogen and oxygen atoms in total. The van der Waals surface area contributed by atoms with Gasteiger partial charge < -0.3 is 10.2 Å². The SMILES string of the molecule is CCN(CC)C(=O)c1ccc(C(=O)Nc2cccnc2)cc1. The number of nitrogens with zero attached hydrogens (tertiary/aromatic N) is 2. The van der Waals surface area contributed by atoms with E-state index in [0.29, 0.717) is 29.9 Å². The molecule has 1 N–H and O–H groups in total. The molecule has 1 aromatic heterocycles. The van der Waals surface area contributed by atoms with Crippen molar-refractivity contribution in [2.75, 3.05) is 18.4 Å². The summed E-state index contributed by atoms with van der Waals surface area (Å²) < 4.78 is 0. The fraction of sp³-hybridized carbons (Fsp3) is 0.235. The molecule has 0 aliphatic heterocycles. The van der Waals surface area contributed by atoms with Crippen molar-refractivity contribution in [3.8, 4) is 0 Å². The Morgan fingerprint density at radius 3 is 2.23 bits per heavy atom. The molecule has 2 aromatic rings. The summed E-state index contributed by atoms with van der Waals surface area (Å²) in [6, 6.07) is 10.2. The number of hydrogen-bond donors (Lipinski definition) is 1. The van der Waals surface area contributed by atoms with E-state index in [1.165, 1.54) is 0 Å². The predicted molar refractivity (Wildman–Crippen MR) is 85.9 cm³/mol. The first-order chi connectivity index (χ1) is 10.7. The Morgan fingerprint density at radius 2 is 1.68 bits per heavy atom. The third-order valence-corrected chi connectivity index (χ3v) is 3.36. The first-order valence-corrected chi connectivity index (χ1v) is 7.26. The molecule has 0 atom stereocenters. The van der Waals surface area contributed by atoms with Gasteiger partial charge in [0.05, 0.1) is 11.9 Å². The normalized spacial score (nSPS) is 10.1. The number of carbonyl (C=O) groups is 2. The van der Waals surface area contributed by atoms with E-state index in [4.69, 9.17) is 0 Å². The molecule has 0 bridgehead atoms. The maximum Gasteiger partial charge on any atom is 0.255 e. The second-order valence-corrected chi connectivity index (χ2v) is 4.75. The summed E-state index contributed by atoms with van der Waals surface area (Å²) in [5, 5.41) is 2.76. The molecule has 1 aromatic carbocycles. The number of hydrogen-bond acceptors (Lipinski definition) is 3. The molecule has 0 aliphatic carbocycles. The van der Waals surface area contributed by atoms with Crippen molar-refractivity contribution in [2.24, 2.45) is 0 Å². The second kappa shape index (κ2) is 7.36. The van der Waals surface area contributed by atoms with Gasteiger partial charge in [-0.1, -0.05) is 0 Å². The van der Waals surface area contributed by atoms with Gasteiger partial charge in [0.15, 0.2) is 0 Å². The Bertz CT molecular complexity index is 635. The van der Waals surface area contributed by atoms with Gasteiger partial charge in [0.1, 0.15) is 0 Å². The lowest BCUT2D eigenvalue weighted by atomic mass is 10.1. The van der Waals surface area contributed by atoms with E-state index >= 15 is 0 Å². The van der Waals surface area contributed by atoms with E-state index in [1.54, 1.807) is 53.7 Å². The standard InChI is InChI=1S/C17H19N3O2/c1-3-20(4-2)17(22)14-9-7-13(8-10-14)16(21)19-15-6-5-11-18-12-15/h5-12H,3-4H2,1-2H3,(H,19,21). The number of pyridine rings is 1. The van der Waals surface area contributed by atoms with E-state index in [-0.39, 0.29) is 11.8 Å². The Balaban J connectivity index is 2.08. The lowest BCUT2D eigenvalue weighted by molar-refractivity contribution is 0.0772. The van der Waals surface area contributed by atoms with Gasteiger partial charge in [-0.3, -0.25) is 14.6 Å². The van der Waals surface area contributed by atoms with E-state index in [0.717, 1.165) is 0 Å². The molecule has 22 heavy (non-hydrogen) atoms. The van der Waals surface area contributed by atoms with Crippen LogP contribution in [0.1, 0.15) is 34.6 Å². The van der Waals surface area contributed by atoms with Crippen molar-refractivity contribution in [2.45, 2.75) is 13.8 Å². The molecule has 5 heteroatoms. The second-order valence-electron chi connectivity index (χ2n) is 4.75. The lowest BCUT2D eigenvalue weighted by Crippen LogP contribution is -2.30. The van der Waals surface area contributed by atoms with E-state index < -0.39 is 0 Å². The average molecular weight is 297 g/mol. The van der Waals surface area contributed by atoms with Gasteiger partial charge in [-0.15, -0.1) is 0 Å². The molecule has 0 unspecified atom stereocenters. The molecule has 2 rings (SSSR count). The molecule has 1 heterocycles. The van der Waals surface area contributed by atoms with Crippen molar-refractivity contribution in [3.63, 3.8) is 0 Å². The van der Waals surface area contributed by atoms with Crippen LogP contribution in [0.5, 0.6) is 0 Å². The van der Waals surface area contributed by atoms with E-state index in [2.05, 4.69) is 10.3 Å². The van der Waals surface area contributed by atoms with Crippen molar-refractivity contribution in [3.05, 3.63) is 59.9 Å². The topological polar surface area (TPSA) is 62.3 Å². The molecule has 114 valence electrons. The van der Waals surface area contributed by atoms with Gasteiger partial charge in [0.25, 0.3) is 11.8 Å². The van der Waals surface area contributed by atoms with Crippen LogP contribution in [0.4, 0.5) is 5.69 Å². The van der Waals surface area contributed by atoms with Gasteiger partial charge in [0.2, 0.25) is 0 Å². The number of amides is 2. The summed E-state index contributed by atoms with van der Waals surface area (Å²) in [6.07, 6.45) is 3.22. The van der Waals surface area contributed by atoms with Crippen LogP contribution in [0.2, 0.25) is 0 Å². The Kier molecular flexibility index (Phi) is 5.25. The summed E-state index contributed by atoms with van der Waals surface area (Å²) in [5.74, 6) is -0.251. The molecule has 0 aliphatic rings. The quantitative estimate of drug-likeness (QED) is 0.923. The molecule has 0 saturated heterocycles. The van der Waals surface area contributed by atoms with Crippen LogP contribution >= 0.6 is 0 Å². The molecular weight excluding hydrogens is 278 g/mol. The third kappa shape index (κ3) is 3.69. The highest BCUT2D eigenvalue weighted by atomic mass is 16.2. The summed E-state index contributed by atoms with van der Waals surface area (Å²) in [7, 11) is 0. The van der Waals surface area contributed by atoms with Crippen molar-refractivity contribution < 1.29 is 9.59 Å². The van der Waals surface area contributed by atoms with Crippen molar-refractivity contribution in [1.82, 2.24) is 9.88 Å². The van der Waals surface area contributed by atoms with Gasteiger partial charge in [-0.25, -0.2) is 0 Å². The highest BCUT2D eigenvalue weighted by molar-refractivity contribution is 6.05. The number of carbonyl (C=O) groups excluding carboxylic acids is 2. The molecule has 0 spiro atoms. The fourth-order valence-electron chi connectivity index (χ4n) is 2.10. The first kappa shape index (κ1) is 15.7. The van der Waals surface area contributed by atoms with Gasteiger partial charge in [-0.05, 0) is 50.2 Å². The molecular formula is C17H19N3O2. The van der Waals surface area contributed by atoms with Gasteiger partial charge in [0, 0.05) is 30.4 Å². The lowest BCUT2D eigenvalue weighted by Gasteiger charge is -2.18. The maximum atomic E-state index is 12.2. The van der Waals surface area contributed by atoms with Crippen LogP contribution in [-0.2, 0) is 0 Å². The van der Waals surface area contributed by atoms with Crippen LogP contribution in [-0.4, -0.2) is 34.8 Å². The zero-order valence-corrected chi connectivity index (χ0v) is 12.7. The van der Waals surface area contributed by atoms with Crippen molar-refractivity contribution >= 4 is 17.5 Å². The van der Waals surface area contributed by atoms with Crippen LogP contribution < -0.4 is 5.32 Å². The first-order valence-electron chi connectivity index (χ1n) is 7.26. The van der Waals surface area contributed by atoms with Crippen LogP contribution in [0.25, 0.3) is 0 Å².